The smallest absolute Gasteiger partial charge is 0.406 e. The molecule has 7 heteroatoms. The molecular formula is C31H31F3N2O2. The van der Waals surface area contributed by atoms with Crippen molar-refractivity contribution in [2.75, 3.05) is 0 Å². The summed E-state index contributed by atoms with van der Waals surface area (Å²) in [7, 11) is 0. The van der Waals surface area contributed by atoms with Crippen LogP contribution in [0.2, 0.25) is 0 Å². The van der Waals surface area contributed by atoms with Gasteiger partial charge >= 0.3 is 6.36 Å². The van der Waals surface area contributed by atoms with Gasteiger partial charge in [0.25, 0.3) is 5.91 Å². The number of aryl methyl sites for hydroxylation is 2. The summed E-state index contributed by atoms with van der Waals surface area (Å²) in [5.74, 6) is -0.304. The number of carbonyl (C=O) groups is 1. The van der Waals surface area contributed by atoms with E-state index in [0.717, 1.165) is 35.2 Å². The quantitative estimate of drug-likeness (QED) is 0.244. The summed E-state index contributed by atoms with van der Waals surface area (Å²) >= 11 is 0. The Morgan fingerprint density at radius 3 is 2.32 bits per heavy atom. The zero-order valence-electron chi connectivity index (χ0n) is 21.8. The lowest BCUT2D eigenvalue weighted by molar-refractivity contribution is -0.274. The number of rotatable bonds is 7. The van der Waals surface area contributed by atoms with Crippen molar-refractivity contribution in [2.45, 2.75) is 53.2 Å². The number of terminal acetylenes is 1. The van der Waals surface area contributed by atoms with Crippen LogP contribution in [0.4, 0.5) is 13.2 Å². The lowest BCUT2D eigenvalue weighted by Crippen LogP contribution is -2.23. The van der Waals surface area contributed by atoms with Crippen molar-refractivity contribution in [3.05, 3.63) is 112 Å². The van der Waals surface area contributed by atoms with E-state index in [1.54, 1.807) is 17.0 Å². The number of amides is 1. The Hall–Kier alpha value is -4.18. The highest BCUT2D eigenvalue weighted by Gasteiger charge is 2.31. The van der Waals surface area contributed by atoms with Gasteiger partial charge in [-0.15, -0.1) is 13.2 Å². The molecular weight excluding hydrogens is 489 g/mol. The minimum absolute atomic E-state index is 0.0363. The molecule has 0 N–H and O–H groups in total. The van der Waals surface area contributed by atoms with Gasteiger partial charge < -0.3 is 14.5 Å². The Balaban J connectivity index is 0.000000260. The summed E-state index contributed by atoms with van der Waals surface area (Å²) in [6.45, 7) is 7.59. The third-order valence-corrected chi connectivity index (χ3v) is 5.97. The second-order valence-electron chi connectivity index (χ2n) is 8.88. The standard InChI is InChI=1S/C19H18F3NO2.C12H13N/c1-3-13-8-12(2)17-15(9-13)11-23(18(17)24)10-14-4-6-16(7-5-14)25-19(20,21)22;1-3-10-13(4-2)11-12-8-6-5-7-9-12/h4-9H,3,10-11H2,1-2H3;2-3,5-10H,11H2,1H3/b;10-3-. The highest BCUT2D eigenvalue weighted by molar-refractivity contribution is 5.99. The zero-order valence-corrected chi connectivity index (χ0v) is 21.8. The molecule has 1 aliphatic heterocycles. The van der Waals surface area contributed by atoms with Crippen LogP contribution in [0.5, 0.6) is 5.75 Å². The van der Waals surface area contributed by atoms with Gasteiger partial charge in [-0.3, -0.25) is 4.79 Å². The predicted molar refractivity (Wildman–Crippen MR) is 143 cm³/mol. The molecule has 0 aromatic heterocycles. The van der Waals surface area contributed by atoms with Crippen molar-refractivity contribution in [3.8, 4) is 18.2 Å². The van der Waals surface area contributed by atoms with E-state index in [4.69, 9.17) is 6.42 Å². The number of fused-ring (bicyclic) bond motifs is 1. The van der Waals surface area contributed by atoms with Crippen LogP contribution in [0, 0.1) is 19.4 Å². The molecule has 198 valence electrons. The van der Waals surface area contributed by atoms with Crippen molar-refractivity contribution < 1.29 is 22.7 Å². The molecule has 0 bridgehead atoms. The average Bonchev–Trinajstić information content (AvgIpc) is 3.20. The highest BCUT2D eigenvalue weighted by Crippen LogP contribution is 2.29. The summed E-state index contributed by atoms with van der Waals surface area (Å²) in [5.41, 5.74) is 5.89. The predicted octanol–water partition coefficient (Wildman–Crippen LogP) is 7.22. The number of carbonyl (C=O) groups excluding carboxylic acids is 1. The SMILES string of the molecule is C#CN(/C=C\C)Cc1ccccc1.CCc1cc(C)c2c(c1)CN(Cc1ccc(OC(F)(F)F)cc1)C2=O. The van der Waals surface area contributed by atoms with Crippen LogP contribution < -0.4 is 4.74 Å². The van der Waals surface area contributed by atoms with Crippen molar-refractivity contribution in [3.63, 3.8) is 0 Å². The molecule has 0 aliphatic carbocycles. The monoisotopic (exact) mass is 520 g/mol. The van der Waals surface area contributed by atoms with Gasteiger partial charge in [-0.05, 0) is 60.2 Å². The molecule has 1 amide bonds. The number of ether oxygens (including phenoxy) is 1. The Kier molecular flexibility index (Phi) is 9.61. The molecule has 3 aromatic rings. The topological polar surface area (TPSA) is 32.8 Å². The van der Waals surface area contributed by atoms with Crippen LogP contribution in [-0.2, 0) is 26.1 Å². The summed E-state index contributed by atoms with van der Waals surface area (Å²) in [4.78, 5) is 16.1. The summed E-state index contributed by atoms with van der Waals surface area (Å²) in [6, 6.07) is 22.4. The van der Waals surface area contributed by atoms with E-state index in [1.807, 2.05) is 55.3 Å². The van der Waals surface area contributed by atoms with Crippen LogP contribution in [0.25, 0.3) is 0 Å². The molecule has 38 heavy (non-hydrogen) atoms. The molecule has 4 nitrogen and oxygen atoms in total. The minimum atomic E-state index is -4.71. The Labute approximate surface area is 222 Å². The fraction of sp³-hybridized carbons (Fsp3) is 0.258. The van der Waals surface area contributed by atoms with E-state index < -0.39 is 6.36 Å². The van der Waals surface area contributed by atoms with Gasteiger partial charge in [0, 0.05) is 30.9 Å². The number of allylic oxidation sites excluding steroid dienone is 1. The van der Waals surface area contributed by atoms with E-state index >= 15 is 0 Å². The molecule has 0 unspecified atom stereocenters. The first kappa shape index (κ1) is 28.4. The fourth-order valence-corrected chi connectivity index (χ4v) is 4.26. The number of halogens is 3. The van der Waals surface area contributed by atoms with Crippen LogP contribution in [0.3, 0.4) is 0 Å². The van der Waals surface area contributed by atoms with Gasteiger partial charge in [0.1, 0.15) is 5.75 Å². The largest absolute Gasteiger partial charge is 0.573 e. The summed E-state index contributed by atoms with van der Waals surface area (Å²) in [6.07, 6.45) is 5.36. The van der Waals surface area contributed by atoms with E-state index in [0.29, 0.717) is 13.1 Å². The van der Waals surface area contributed by atoms with E-state index in [-0.39, 0.29) is 11.7 Å². The fourth-order valence-electron chi connectivity index (χ4n) is 4.26. The van der Waals surface area contributed by atoms with E-state index in [1.165, 1.54) is 23.3 Å². The Morgan fingerprint density at radius 2 is 1.74 bits per heavy atom. The van der Waals surface area contributed by atoms with E-state index in [2.05, 4.69) is 35.9 Å². The second-order valence-corrected chi connectivity index (χ2v) is 8.88. The van der Waals surface area contributed by atoms with Crippen molar-refractivity contribution in [1.29, 1.82) is 0 Å². The number of alkyl halides is 3. The second kappa shape index (κ2) is 12.9. The number of hydrogen-bond donors (Lipinski definition) is 0. The molecule has 0 radical (unpaired) electrons. The highest BCUT2D eigenvalue weighted by atomic mass is 19.4. The third kappa shape index (κ3) is 7.91. The van der Waals surface area contributed by atoms with Gasteiger partial charge in [0.2, 0.25) is 0 Å². The van der Waals surface area contributed by atoms with Gasteiger partial charge in [-0.25, -0.2) is 0 Å². The number of benzene rings is 3. The van der Waals surface area contributed by atoms with Crippen LogP contribution in [0.1, 0.15) is 52.0 Å². The number of hydrogen-bond acceptors (Lipinski definition) is 3. The normalized spacial score (nSPS) is 12.6. The van der Waals surface area contributed by atoms with Crippen molar-refractivity contribution in [2.24, 2.45) is 0 Å². The first-order valence-corrected chi connectivity index (χ1v) is 12.3. The summed E-state index contributed by atoms with van der Waals surface area (Å²) in [5, 5.41) is 0. The first-order valence-electron chi connectivity index (χ1n) is 12.3. The maximum atomic E-state index is 12.6. The van der Waals surface area contributed by atoms with Gasteiger partial charge in [-0.1, -0.05) is 74.0 Å². The zero-order chi connectivity index (χ0) is 27.7. The Bertz CT molecular complexity index is 1290. The van der Waals surface area contributed by atoms with Crippen molar-refractivity contribution >= 4 is 5.91 Å². The van der Waals surface area contributed by atoms with Gasteiger partial charge in [0.05, 0.1) is 6.54 Å². The molecule has 1 heterocycles. The van der Waals surface area contributed by atoms with Gasteiger partial charge in [-0.2, -0.15) is 0 Å². The van der Waals surface area contributed by atoms with Crippen LogP contribution >= 0.6 is 0 Å². The molecule has 4 rings (SSSR count). The van der Waals surface area contributed by atoms with Crippen LogP contribution in [-0.4, -0.2) is 22.1 Å². The molecule has 0 atom stereocenters. The first-order chi connectivity index (χ1) is 18.1. The average molecular weight is 521 g/mol. The van der Waals surface area contributed by atoms with Crippen molar-refractivity contribution in [1.82, 2.24) is 9.80 Å². The summed E-state index contributed by atoms with van der Waals surface area (Å²) < 4.78 is 40.4. The molecule has 1 aliphatic rings. The molecule has 0 saturated carbocycles. The third-order valence-electron chi connectivity index (χ3n) is 5.97. The minimum Gasteiger partial charge on any atom is -0.406 e. The molecule has 3 aromatic carbocycles. The lowest BCUT2D eigenvalue weighted by Gasteiger charge is -2.16. The lowest BCUT2D eigenvalue weighted by atomic mass is 9.99. The molecule has 0 fully saturated rings. The molecule has 0 saturated heterocycles. The van der Waals surface area contributed by atoms with Crippen LogP contribution in [0.15, 0.2) is 79.0 Å². The Morgan fingerprint density at radius 1 is 1.05 bits per heavy atom. The maximum Gasteiger partial charge on any atom is 0.573 e. The van der Waals surface area contributed by atoms with Gasteiger partial charge in [0.15, 0.2) is 0 Å². The van der Waals surface area contributed by atoms with E-state index in [9.17, 15) is 18.0 Å². The number of nitrogens with zero attached hydrogens (tertiary/aromatic N) is 2. The maximum absolute atomic E-state index is 12.6. The molecule has 0 spiro atoms.